The molecule has 0 radical (unpaired) electrons. The van der Waals surface area contributed by atoms with Gasteiger partial charge in [-0.2, -0.15) is 0 Å². The maximum atomic E-state index is 11.7. The molecule has 1 rings (SSSR count). The van der Waals surface area contributed by atoms with E-state index in [1.807, 2.05) is 6.92 Å². The summed E-state index contributed by atoms with van der Waals surface area (Å²) in [6, 6.07) is 0.542. The molecule has 0 saturated carbocycles. The van der Waals surface area contributed by atoms with Crippen LogP contribution in [0.3, 0.4) is 0 Å². The molecule has 3 unspecified atom stereocenters. The highest BCUT2D eigenvalue weighted by Crippen LogP contribution is 2.21. The minimum atomic E-state index is -0.00354. The Kier molecular flexibility index (Phi) is 6.65. The number of rotatable bonds is 6. The molecule has 18 heavy (non-hydrogen) atoms. The largest absolute Gasteiger partial charge is 0.358 e. The summed E-state index contributed by atoms with van der Waals surface area (Å²) < 4.78 is 0. The Balaban J connectivity index is 2.47. The lowest BCUT2D eigenvalue weighted by Crippen LogP contribution is -2.51. The van der Waals surface area contributed by atoms with Crippen molar-refractivity contribution in [1.82, 2.24) is 15.5 Å². The van der Waals surface area contributed by atoms with Gasteiger partial charge in [-0.3, -0.25) is 9.69 Å². The van der Waals surface area contributed by atoms with E-state index in [0.29, 0.717) is 12.0 Å². The summed E-state index contributed by atoms with van der Waals surface area (Å²) in [6.07, 6.45) is 3.65. The normalized spacial score (nSPS) is 24.6. The van der Waals surface area contributed by atoms with Crippen LogP contribution in [0, 0.1) is 5.92 Å². The lowest BCUT2D eigenvalue weighted by molar-refractivity contribution is -0.126. The molecule has 0 aromatic rings. The lowest BCUT2D eigenvalue weighted by atomic mass is 9.90. The molecule has 106 valence electrons. The average Bonchev–Trinajstić information content (AvgIpc) is 2.43. The van der Waals surface area contributed by atoms with E-state index in [9.17, 15) is 4.79 Å². The van der Waals surface area contributed by atoms with Gasteiger partial charge in [0.1, 0.15) is 0 Å². The van der Waals surface area contributed by atoms with Crippen molar-refractivity contribution in [1.29, 1.82) is 0 Å². The van der Waals surface area contributed by atoms with Crippen molar-refractivity contribution in [2.24, 2.45) is 5.92 Å². The number of nitrogens with zero attached hydrogens (tertiary/aromatic N) is 1. The minimum absolute atomic E-state index is 0.00354. The number of likely N-dealkylation sites (tertiary alicyclic amines) is 1. The van der Waals surface area contributed by atoms with E-state index in [1.54, 1.807) is 7.05 Å². The molecule has 4 heteroatoms. The van der Waals surface area contributed by atoms with Gasteiger partial charge in [0, 0.05) is 19.6 Å². The average molecular weight is 255 g/mol. The summed E-state index contributed by atoms with van der Waals surface area (Å²) >= 11 is 0. The van der Waals surface area contributed by atoms with Crippen molar-refractivity contribution in [3.8, 4) is 0 Å². The summed E-state index contributed by atoms with van der Waals surface area (Å²) in [7, 11) is 1.71. The van der Waals surface area contributed by atoms with Gasteiger partial charge in [-0.15, -0.1) is 0 Å². The fourth-order valence-corrected chi connectivity index (χ4v) is 2.71. The van der Waals surface area contributed by atoms with E-state index in [0.717, 1.165) is 19.6 Å². The Morgan fingerprint density at radius 3 is 2.78 bits per heavy atom. The molecule has 0 aliphatic carbocycles. The molecular weight excluding hydrogens is 226 g/mol. The maximum absolute atomic E-state index is 11.7. The molecule has 1 amide bonds. The van der Waals surface area contributed by atoms with E-state index in [4.69, 9.17) is 0 Å². The highest BCUT2D eigenvalue weighted by molar-refractivity contribution is 5.80. The zero-order chi connectivity index (χ0) is 13.5. The Morgan fingerprint density at radius 1 is 1.44 bits per heavy atom. The van der Waals surface area contributed by atoms with Crippen molar-refractivity contribution in [2.75, 3.05) is 26.7 Å². The van der Waals surface area contributed by atoms with Crippen LogP contribution < -0.4 is 10.6 Å². The second kappa shape index (κ2) is 7.74. The van der Waals surface area contributed by atoms with Crippen LogP contribution in [0.25, 0.3) is 0 Å². The highest BCUT2D eigenvalue weighted by atomic mass is 16.2. The van der Waals surface area contributed by atoms with Crippen molar-refractivity contribution in [3.05, 3.63) is 0 Å². The number of hydrogen-bond donors (Lipinski definition) is 2. The van der Waals surface area contributed by atoms with Crippen LogP contribution >= 0.6 is 0 Å². The molecular formula is C14H29N3O. The molecule has 1 fully saturated rings. The number of nitrogens with one attached hydrogen (secondary N) is 2. The summed E-state index contributed by atoms with van der Waals surface area (Å²) in [5, 5.41) is 6.32. The fourth-order valence-electron chi connectivity index (χ4n) is 2.71. The highest BCUT2D eigenvalue weighted by Gasteiger charge is 2.29. The standard InChI is InChI=1S/C14H29N3O/c1-5-8-16-11(2)13-7-6-9-17(10-13)12(3)14(18)15-4/h11-13,16H,5-10H2,1-4H3,(H,15,18). The lowest BCUT2D eigenvalue weighted by Gasteiger charge is -2.38. The van der Waals surface area contributed by atoms with Crippen LogP contribution in [-0.4, -0.2) is 49.6 Å². The predicted octanol–water partition coefficient (Wildman–Crippen LogP) is 1.22. The predicted molar refractivity (Wildman–Crippen MR) is 75.6 cm³/mol. The Morgan fingerprint density at radius 2 is 2.17 bits per heavy atom. The van der Waals surface area contributed by atoms with Crippen molar-refractivity contribution < 1.29 is 4.79 Å². The smallest absolute Gasteiger partial charge is 0.236 e. The first-order chi connectivity index (χ1) is 8.60. The Labute approximate surface area is 111 Å². The molecule has 1 heterocycles. The number of carbonyl (C=O) groups excluding carboxylic acids is 1. The number of amides is 1. The summed E-state index contributed by atoms with van der Waals surface area (Å²) in [5.74, 6) is 0.794. The van der Waals surface area contributed by atoms with E-state index >= 15 is 0 Å². The molecule has 2 N–H and O–H groups in total. The second-order valence-electron chi connectivity index (χ2n) is 5.43. The third-order valence-electron chi connectivity index (χ3n) is 4.09. The first-order valence-corrected chi connectivity index (χ1v) is 7.29. The monoisotopic (exact) mass is 255 g/mol. The molecule has 0 bridgehead atoms. The van der Waals surface area contributed by atoms with Crippen LogP contribution in [-0.2, 0) is 4.79 Å². The van der Waals surface area contributed by atoms with Gasteiger partial charge in [0.15, 0.2) is 0 Å². The van der Waals surface area contributed by atoms with E-state index < -0.39 is 0 Å². The van der Waals surface area contributed by atoms with Crippen LogP contribution in [0.5, 0.6) is 0 Å². The third-order valence-corrected chi connectivity index (χ3v) is 4.09. The fraction of sp³-hybridized carbons (Fsp3) is 0.929. The Bertz CT molecular complexity index is 257. The maximum Gasteiger partial charge on any atom is 0.236 e. The molecule has 3 atom stereocenters. The van der Waals surface area contributed by atoms with Crippen LogP contribution in [0.4, 0.5) is 0 Å². The van der Waals surface area contributed by atoms with Gasteiger partial charge >= 0.3 is 0 Å². The van der Waals surface area contributed by atoms with E-state index in [-0.39, 0.29) is 11.9 Å². The third kappa shape index (κ3) is 4.25. The first-order valence-electron chi connectivity index (χ1n) is 7.29. The molecule has 1 aliphatic rings. The van der Waals surface area contributed by atoms with Gasteiger partial charge in [0.25, 0.3) is 0 Å². The SMILES string of the molecule is CCCNC(C)C1CCCN(C(C)C(=O)NC)C1. The van der Waals surface area contributed by atoms with E-state index in [2.05, 4.69) is 29.4 Å². The molecule has 1 saturated heterocycles. The quantitative estimate of drug-likeness (QED) is 0.750. The molecule has 1 aliphatic heterocycles. The summed E-state index contributed by atoms with van der Waals surface area (Å²) in [5.41, 5.74) is 0. The number of hydrogen-bond acceptors (Lipinski definition) is 3. The van der Waals surface area contributed by atoms with Crippen molar-refractivity contribution in [3.63, 3.8) is 0 Å². The van der Waals surface area contributed by atoms with Crippen LogP contribution in [0.15, 0.2) is 0 Å². The topological polar surface area (TPSA) is 44.4 Å². The van der Waals surface area contributed by atoms with Gasteiger partial charge < -0.3 is 10.6 Å². The number of likely N-dealkylation sites (N-methyl/N-ethyl adjacent to an activating group) is 1. The van der Waals surface area contributed by atoms with Gasteiger partial charge in [0.2, 0.25) is 5.91 Å². The molecule has 0 spiro atoms. The van der Waals surface area contributed by atoms with Crippen molar-refractivity contribution >= 4 is 5.91 Å². The van der Waals surface area contributed by atoms with Crippen LogP contribution in [0.2, 0.25) is 0 Å². The molecule has 4 nitrogen and oxygen atoms in total. The zero-order valence-electron chi connectivity index (χ0n) is 12.3. The van der Waals surface area contributed by atoms with Gasteiger partial charge in [0.05, 0.1) is 6.04 Å². The zero-order valence-corrected chi connectivity index (χ0v) is 12.3. The van der Waals surface area contributed by atoms with Crippen LogP contribution in [0.1, 0.15) is 40.0 Å². The van der Waals surface area contributed by atoms with Crippen molar-refractivity contribution in [2.45, 2.75) is 52.1 Å². The molecule has 0 aromatic carbocycles. The molecule has 0 aromatic heterocycles. The first kappa shape index (κ1) is 15.4. The second-order valence-corrected chi connectivity index (χ2v) is 5.43. The minimum Gasteiger partial charge on any atom is -0.358 e. The number of carbonyl (C=O) groups is 1. The van der Waals surface area contributed by atoms with Gasteiger partial charge in [-0.05, 0) is 52.1 Å². The van der Waals surface area contributed by atoms with Gasteiger partial charge in [-0.1, -0.05) is 6.92 Å². The van der Waals surface area contributed by atoms with Gasteiger partial charge in [-0.25, -0.2) is 0 Å². The number of piperidine rings is 1. The summed E-state index contributed by atoms with van der Waals surface area (Å²) in [4.78, 5) is 14.0. The summed E-state index contributed by atoms with van der Waals surface area (Å²) in [6.45, 7) is 9.64. The Hall–Kier alpha value is -0.610. The van der Waals surface area contributed by atoms with E-state index in [1.165, 1.54) is 19.3 Å².